The Morgan fingerprint density at radius 3 is 2.71 bits per heavy atom. The van der Waals surface area contributed by atoms with E-state index < -0.39 is 5.41 Å². The largest absolute Gasteiger partial charge is 0.376 e. The lowest BCUT2D eigenvalue weighted by molar-refractivity contribution is -0.127. The summed E-state index contributed by atoms with van der Waals surface area (Å²) in [5.74, 6) is -0.313. The zero-order chi connectivity index (χ0) is 14.7. The monoisotopic (exact) mass is 291 g/mol. The third-order valence-corrected chi connectivity index (χ3v) is 4.80. The molecule has 1 aromatic rings. The molecule has 1 atom stereocenters. The van der Waals surface area contributed by atoms with Crippen molar-refractivity contribution in [3.8, 4) is 0 Å². The number of carbonyl (C=O) groups excluding carboxylic acids is 1. The zero-order valence-electron chi connectivity index (χ0n) is 12.2. The third kappa shape index (κ3) is 2.82. The van der Waals surface area contributed by atoms with Gasteiger partial charge >= 0.3 is 0 Å². The summed E-state index contributed by atoms with van der Waals surface area (Å²) in [5.41, 5.74) is -0.142. The molecule has 1 saturated heterocycles. The maximum atomic E-state index is 14.2. The molecule has 3 nitrogen and oxygen atoms in total. The number of amides is 1. The van der Waals surface area contributed by atoms with Crippen molar-refractivity contribution in [1.82, 2.24) is 5.32 Å². The smallest absolute Gasteiger partial charge is 0.230 e. The van der Waals surface area contributed by atoms with Crippen molar-refractivity contribution in [3.05, 3.63) is 35.6 Å². The highest BCUT2D eigenvalue weighted by molar-refractivity contribution is 5.88. The summed E-state index contributed by atoms with van der Waals surface area (Å²) in [5, 5.41) is 3.00. The Kier molecular flexibility index (Phi) is 4.24. The van der Waals surface area contributed by atoms with Gasteiger partial charge in [-0.15, -0.1) is 0 Å². The van der Waals surface area contributed by atoms with Crippen LogP contribution < -0.4 is 5.32 Å². The van der Waals surface area contributed by atoms with E-state index in [0.29, 0.717) is 12.1 Å². The first-order valence-electron chi connectivity index (χ1n) is 7.87. The quantitative estimate of drug-likeness (QED) is 0.926. The molecule has 4 heteroatoms. The Balaban J connectivity index is 1.77. The van der Waals surface area contributed by atoms with Gasteiger partial charge in [0, 0.05) is 18.7 Å². The molecule has 21 heavy (non-hydrogen) atoms. The molecule has 1 heterocycles. The van der Waals surface area contributed by atoms with Gasteiger partial charge in [-0.05, 0) is 31.7 Å². The summed E-state index contributed by atoms with van der Waals surface area (Å²) in [6, 6.07) is 6.69. The van der Waals surface area contributed by atoms with Crippen LogP contribution in [-0.2, 0) is 14.9 Å². The van der Waals surface area contributed by atoms with E-state index in [1.54, 1.807) is 12.1 Å². The Morgan fingerprint density at radius 2 is 2.05 bits per heavy atom. The van der Waals surface area contributed by atoms with Crippen LogP contribution in [0.1, 0.15) is 44.1 Å². The minimum absolute atomic E-state index is 0.0411. The van der Waals surface area contributed by atoms with E-state index in [2.05, 4.69) is 5.32 Å². The SMILES string of the molecule is O=C(NC[C@@H]1CCCO1)C1(c2ccccc2F)CCCC1. The average Bonchev–Trinajstić information content (AvgIpc) is 3.17. The molecule has 1 aromatic carbocycles. The fraction of sp³-hybridized carbons (Fsp3) is 0.588. The summed E-state index contributed by atoms with van der Waals surface area (Å²) >= 11 is 0. The minimum atomic E-state index is -0.691. The van der Waals surface area contributed by atoms with Crippen molar-refractivity contribution < 1.29 is 13.9 Å². The van der Waals surface area contributed by atoms with Gasteiger partial charge < -0.3 is 10.1 Å². The van der Waals surface area contributed by atoms with Gasteiger partial charge in [0.15, 0.2) is 0 Å². The highest BCUT2D eigenvalue weighted by Crippen LogP contribution is 2.42. The van der Waals surface area contributed by atoms with Crippen LogP contribution >= 0.6 is 0 Å². The molecule has 0 aromatic heterocycles. The number of nitrogens with one attached hydrogen (secondary N) is 1. The lowest BCUT2D eigenvalue weighted by Gasteiger charge is -2.29. The lowest BCUT2D eigenvalue weighted by Crippen LogP contribution is -2.45. The van der Waals surface area contributed by atoms with Crippen LogP contribution in [0.4, 0.5) is 4.39 Å². The number of benzene rings is 1. The summed E-state index contributed by atoms with van der Waals surface area (Å²) in [6.07, 6.45) is 5.57. The predicted molar refractivity (Wildman–Crippen MR) is 78.5 cm³/mol. The number of ether oxygens (including phenoxy) is 1. The van der Waals surface area contributed by atoms with Crippen LogP contribution in [0.25, 0.3) is 0 Å². The molecular formula is C17H22FNO2. The maximum absolute atomic E-state index is 14.2. The van der Waals surface area contributed by atoms with Crippen molar-refractivity contribution in [1.29, 1.82) is 0 Å². The third-order valence-electron chi connectivity index (χ3n) is 4.80. The number of rotatable bonds is 4. The van der Waals surface area contributed by atoms with Crippen LogP contribution in [0.3, 0.4) is 0 Å². The number of hydrogen-bond donors (Lipinski definition) is 1. The summed E-state index contributed by atoms with van der Waals surface area (Å²) in [4.78, 5) is 12.7. The summed E-state index contributed by atoms with van der Waals surface area (Å²) < 4.78 is 19.7. The van der Waals surface area contributed by atoms with E-state index in [1.165, 1.54) is 6.07 Å². The van der Waals surface area contributed by atoms with Crippen molar-refractivity contribution >= 4 is 5.91 Å². The Bertz CT molecular complexity index is 505. The lowest BCUT2D eigenvalue weighted by atomic mass is 9.77. The van der Waals surface area contributed by atoms with Gasteiger partial charge in [-0.25, -0.2) is 4.39 Å². The van der Waals surface area contributed by atoms with E-state index in [4.69, 9.17) is 4.74 Å². The van der Waals surface area contributed by atoms with E-state index in [9.17, 15) is 9.18 Å². The fourth-order valence-corrected chi connectivity index (χ4v) is 3.63. The van der Waals surface area contributed by atoms with Crippen LogP contribution in [0.5, 0.6) is 0 Å². The molecular weight excluding hydrogens is 269 g/mol. The Hall–Kier alpha value is -1.42. The molecule has 0 spiro atoms. The van der Waals surface area contributed by atoms with Crippen LogP contribution in [0.2, 0.25) is 0 Å². The molecule has 0 radical (unpaired) electrons. The van der Waals surface area contributed by atoms with E-state index in [0.717, 1.165) is 45.1 Å². The molecule has 1 aliphatic heterocycles. The van der Waals surface area contributed by atoms with Crippen molar-refractivity contribution in [2.45, 2.75) is 50.0 Å². The molecule has 3 rings (SSSR count). The van der Waals surface area contributed by atoms with Gasteiger partial charge in [0.1, 0.15) is 5.82 Å². The first-order chi connectivity index (χ1) is 10.2. The number of carbonyl (C=O) groups is 1. The average molecular weight is 291 g/mol. The highest BCUT2D eigenvalue weighted by atomic mass is 19.1. The number of hydrogen-bond acceptors (Lipinski definition) is 2. The second kappa shape index (κ2) is 6.14. The minimum Gasteiger partial charge on any atom is -0.376 e. The highest BCUT2D eigenvalue weighted by Gasteiger charge is 2.44. The van der Waals surface area contributed by atoms with Gasteiger partial charge in [0.2, 0.25) is 5.91 Å². The standard InChI is InChI=1S/C17H22FNO2/c18-15-8-2-1-7-14(15)17(9-3-4-10-17)16(20)19-12-13-6-5-11-21-13/h1-2,7-8,13H,3-6,9-12H2,(H,19,20)/t13-/m0/s1. The van der Waals surface area contributed by atoms with Gasteiger partial charge in [-0.1, -0.05) is 31.0 Å². The first kappa shape index (κ1) is 14.5. The second-order valence-electron chi connectivity index (χ2n) is 6.11. The second-order valence-corrected chi connectivity index (χ2v) is 6.11. The molecule has 1 N–H and O–H groups in total. The normalized spacial score (nSPS) is 24.1. The molecule has 1 saturated carbocycles. The molecule has 2 fully saturated rings. The first-order valence-corrected chi connectivity index (χ1v) is 7.87. The molecule has 1 aliphatic carbocycles. The van der Waals surface area contributed by atoms with Gasteiger partial charge in [0.25, 0.3) is 0 Å². The van der Waals surface area contributed by atoms with E-state index in [1.807, 2.05) is 6.07 Å². The van der Waals surface area contributed by atoms with Crippen molar-refractivity contribution in [3.63, 3.8) is 0 Å². The predicted octanol–water partition coefficient (Wildman–Crippen LogP) is 2.93. The fourth-order valence-electron chi connectivity index (χ4n) is 3.63. The molecule has 0 bridgehead atoms. The molecule has 1 amide bonds. The van der Waals surface area contributed by atoms with E-state index in [-0.39, 0.29) is 17.8 Å². The Labute approximate surface area is 124 Å². The van der Waals surface area contributed by atoms with Crippen molar-refractivity contribution in [2.24, 2.45) is 0 Å². The summed E-state index contributed by atoms with van der Waals surface area (Å²) in [6.45, 7) is 1.31. The molecule has 2 aliphatic rings. The van der Waals surface area contributed by atoms with Crippen LogP contribution in [-0.4, -0.2) is 25.2 Å². The summed E-state index contributed by atoms with van der Waals surface area (Å²) in [7, 11) is 0. The number of halogens is 1. The Morgan fingerprint density at radius 1 is 1.29 bits per heavy atom. The molecule has 114 valence electrons. The maximum Gasteiger partial charge on any atom is 0.230 e. The van der Waals surface area contributed by atoms with Crippen LogP contribution in [0.15, 0.2) is 24.3 Å². The van der Waals surface area contributed by atoms with Gasteiger partial charge in [0.05, 0.1) is 11.5 Å². The molecule has 0 unspecified atom stereocenters. The van der Waals surface area contributed by atoms with Gasteiger partial charge in [-0.2, -0.15) is 0 Å². The van der Waals surface area contributed by atoms with E-state index >= 15 is 0 Å². The van der Waals surface area contributed by atoms with Gasteiger partial charge in [-0.3, -0.25) is 4.79 Å². The van der Waals surface area contributed by atoms with Crippen molar-refractivity contribution in [2.75, 3.05) is 13.2 Å². The zero-order valence-corrected chi connectivity index (χ0v) is 12.2. The topological polar surface area (TPSA) is 38.3 Å². The van der Waals surface area contributed by atoms with Crippen LogP contribution in [0, 0.1) is 5.82 Å².